The third-order valence-electron chi connectivity index (χ3n) is 3.79. The van der Waals surface area contributed by atoms with E-state index < -0.39 is 16.1 Å². The molecule has 29 heavy (non-hydrogen) atoms. The van der Waals surface area contributed by atoms with Crippen LogP contribution in [0.15, 0.2) is 53.4 Å². The first-order valence-electron chi connectivity index (χ1n) is 8.34. The van der Waals surface area contributed by atoms with E-state index in [-0.39, 0.29) is 22.4 Å². The number of hydrogen-bond donors (Lipinski definition) is 4. The van der Waals surface area contributed by atoms with E-state index in [1.807, 2.05) is 0 Å². The predicted octanol–water partition coefficient (Wildman–Crippen LogP) is 2.48. The SMILES string of the molecule is Cc1nc(NCc2ccc(C(=O)O)cc2)nc(Nc2cccc(S(=O)(=O)O)c2)n1. The molecule has 10 nitrogen and oxygen atoms in total. The molecule has 0 saturated heterocycles. The first kappa shape index (κ1) is 20.2. The van der Waals surface area contributed by atoms with Gasteiger partial charge in [-0.3, -0.25) is 4.55 Å². The molecule has 0 amide bonds. The van der Waals surface area contributed by atoms with Crippen molar-refractivity contribution in [3.8, 4) is 0 Å². The Morgan fingerprint density at radius 3 is 2.38 bits per heavy atom. The average molecular weight is 415 g/mol. The smallest absolute Gasteiger partial charge is 0.335 e. The van der Waals surface area contributed by atoms with E-state index in [4.69, 9.17) is 9.66 Å². The van der Waals surface area contributed by atoms with Crippen molar-refractivity contribution >= 4 is 33.7 Å². The maximum atomic E-state index is 11.3. The zero-order valence-electron chi connectivity index (χ0n) is 15.2. The fraction of sp³-hybridized carbons (Fsp3) is 0.111. The highest BCUT2D eigenvalue weighted by Crippen LogP contribution is 2.19. The largest absolute Gasteiger partial charge is 0.478 e. The Labute approximate surface area is 166 Å². The molecule has 0 spiro atoms. The zero-order valence-corrected chi connectivity index (χ0v) is 16.0. The van der Waals surface area contributed by atoms with Crippen molar-refractivity contribution in [3.63, 3.8) is 0 Å². The van der Waals surface area contributed by atoms with Crippen LogP contribution in [0.2, 0.25) is 0 Å². The third kappa shape index (κ3) is 5.46. The van der Waals surface area contributed by atoms with Gasteiger partial charge >= 0.3 is 5.97 Å². The Kier molecular flexibility index (Phi) is 5.71. The molecule has 3 aromatic rings. The van der Waals surface area contributed by atoms with Crippen LogP contribution < -0.4 is 10.6 Å². The molecule has 0 bridgehead atoms. The van der Waals surface area contributed by atoms with E-state index in [0.29, 0.717) is 18.1 Å². The van der Waals surface area contributed by atoms with Crippen molar-refractivity contribution in [2.45, 2.75) is 18.4 Å². The van der Waals surface area contributed by atoms with Crippen molar-refractivity contribution in [2.75, 3.05) is 10.6 Å². The van der Waals surface area contributed by atoms with Gasteiger partial charge in [0.15, 0.2) is 0 Å². The number of anilines is 3. The van der Waals surface area contributed by atoms with E-state index in [9.17, 15) is 13.2 Å². The minimum Gasteiger partial charge on any atom is -0.478 e. The lowest BCUT2D eigenvalue weighted by Crippen LogP contribution is -2.09. The number of rotatable bonds is 7. The number of nitrogens with one attached hydrogen (secondary N) is 2. The second-order valence-electron chi connectivity index (χ2n) is 6.01. The van der Waals surface area contributed by atoms with Crippen LogP contribution >= 0.6 is 0 Å². The van der Waals surface area contributed by atoms with Crippen LogP contribution in [-0.2, 0) is 16.7 Å². The monoisotopic (exact) mass is 415 g/mol. The van der Waals surface area contributed by atoms with Crippen LogP contribution in [0.1, 0.15) is 21.7 Å². The summed E-state index contributed by atoms with van der Waals surface area (Å²) in [6.07, 6.45) is 0. The standard InChI is InChI=1S/C18H17N5O5S/c1-11-20-17(19-10-12-5-7-13(8-6-12)16(24)25)23-18(21-11)22-14-3-2-4-15(9-14)29(26,27)28/h2-9H,10H2,1H3,(H,24,25)(H,26,27,28)(H2,19,20,21,22,23). The summed E-state index contributed by atoms with van der Waals surface area (Å²) < 4.78 is 31.7. The summed E-state index contributed by atoms with van der Waals surface area (Å²) in [6.45, 7) is 2.04. The van der Waals surface area contributed by atoms with Crippen molar-refractivity contribution in [1.29, 1.82) is 0 Å². The van der Waals surface area contributed by atoms with Gasteiger partial charge in [0.05, 0.1) is 10.5 Å². The lowest BCUT2D eigenvalue weighted by atomic mass is 10.1. The first-order chi connectivity index (χ1) is 13.7. The van der Waals surface area contributed by atoms with E-state index in [1.54, 1.807) is 25.1 Å². The van der Waals surface area contributed by atoms with Crippen LogP contribution in [0.5, 0.6) is 0 Å². The molecule has 0 fully saturated rings. The van der Waals surface area contributed by atoms with E-state index in [1.165, 1.54) is 30.3 Å². The Morgan fingerprint density at radius 1 is 1.03 bits per heavy atom. The molecule has 1 heterocycles. The molecule has 0 atom stereocenters. The van der Waals surface area contributed by atoms with Crippen LogP contribution in [0, 0.1) is 6.92 Å². The molecule has 0 aliphatic heterocycles. The second kappa shape index (κ2) is 8.20. The van der Waals surface area contributed by atoms with Crippen LogP contribution in [-0.4, -0.2) is 39.0 Å². The van der Waals surface area contributed by atoms with Crippen LogP contribution in [0.3, 0.4) is 0 Å². The van der Waals surface area contributed by atoms with Crippen LogP contribution in [0.4, 0.5) is 17.6 Å². The molecule has 3 rings (SSSR count). The Bertz CT molecular complexity index is 1150. The van der Waals surface area contributed by atoms with Gasteiger partial charge in [-0.15, -0.1) is 0 Å². The van der Waals surface area contributed by atoms with Gasteiger partial charge in [0, 0.05) is 12.2 Å². The number of hydrogen-bond acceptors (Lipinski definition) is 8. The number of aromatic nitrogens is 3. The van der Waals surface area contributed by atoms with Gasteiger partial charge in [-0.1, -0.05) is 18.2 Å². The predicted molar refractivity (Wildman–Crippen MR) is 105 cm³/mol. The van der Waals surface area contributed by atoms with Gasteiger partial charge in [0.25, 0.3) is 10.1 Å². The third-order valence-corrected chi connectivity index (χ3v) is 4.64. The summed E-state index contributed by atoms with van der Waals surface area (Å²) >= 11 is 0. The molecule has 11 heteroatoms. The van der Waals surface area contributed by atoms with Gasteiger partial charge in [0.2, 0.25) is 11.9 Å². The highest BCUT2D eigenvalue weighted by Gasteiger charge is 2.11. The number of aromatic carboxylic acids is 1. The molecule has 0 radical (unpaired) electrons. The van der Waals surface area contributed by atoms with Gasteiger partial charge in [-0.05, 0) is 42.8 Å². The maximum absolute atomic E-state index is 11.3. The summed E-state index contributed by atoms with van der Waals surface area (Å²) in [5.41, 5.74) is 1.41. The number of benzene rings is 2. The molecule has 4 N–H and O–H groups in total. The molecule has 0 saturated carbocycles. The summed E-state index contributed by atoms with van der Waals surface area (Å²) in [7, 11) is -4.32. The van der Waals surface area contributed by atoms with E-state index in [2.05, 4.69) is 25.6 Å². The molecule has 2 aromatic carbocycles. The fourth-order valence-corrected chi connectivity index (χ4v) is 2.95. The summed E-state index contributed by atoms with van der Waals surface area (Å²) in [4.78, 5) is 23.2. The average Bonchev–Trinajstić information content (AvgIpc) is 2.66. The molecule has 0 unspecified atom stereocenters. The molecular formula is C18H17N5O5S. The van der Waals surface area contributed by atoms with E-state index >= 15 is 0 Å². The van der Waals surface area contributed by atoms with Gasteiger partial charge < -0.3 is 15.7 Å². The van der Waals surface area contributed by atoms with E-state index in [0.717, 1.165) is 5.56 Å². The number of carboxylic acid groups (broad SMARTS) is 1. The molecule has 1 aromatic heterocycles. The zero-order chi connectivity index (χ0) is 21.0. The van der Waals surface area contributed by atoms with Crippen molar-refractivity contribution in [1.82, 2.24) is 15.0 Å². The lowest BCUT2D eigenvalue weighted by molar-refractivity contribution is 0.0697. The maximum Gasteiger partial charge on any atom is 0.335 e. The second-order valence-corrected chi connectivity index (χ2v) is 7.43. The Hall–Kier alpha value is -3.57. The number of carbonyl (C=O) groups is 1. The number of carboxylic acids is 1. The van der Waals surface area contributed by atoms with Gasteiger partial charge in [0.1, 0.15) is 5.82 Å². The molecule has 0 aliphatic rings. The topological polar surface area (TPSA) is 154 Å². The first-order valence-corrected chi connectivity index (χ1v) is 9.78. The summed E-state index contributed by atoms with van der Waals surface area (Å²) in [6, 6.07) is 12.0. The fourth-order valence-electron chi connectivity index (χ4n) is 2.43. The van der Waals surface area contributed by atoms with Gasteiger partial charge in [-0.2, -0.15) is 23.4 Å². The number of nitrogens with zero attached hydrogens (tertiary/aromatic N) is 3. The quantitative estimate of drug-likeness (QED) is 0.423. The minimum absolute atomic E-state index is 0.189. The van der Waals surface area contributed by atoms with Gasteiger partial charge in [-0.25, -0.2) is 4.79 Å². The molecule has 0 aliphatic carbocycles. The van der Waals surface area contributed by atoms with Crippen molar-refractivity contribution in [2.24, 2.45) is 0 Å². The Balaban J connectivity index is 1.74. The highest BCUT2D eigenvalue weighted by molar-refractivity contribution is 7.85. The Morgan fingerprint density at radius 2 is 1.72 bits per heavy atom. The lowest BCUT2D eigenvalue weighted by Gasteiger charge is -2.10. The highest BCUT2D eigenvalue weighted by atomic mass is 32.2. The van der Waals surface area contributed by atoms with Crippen molar-refractivity contribution in [3.05, 3.63) is 65.5 Å². The molecule has 150 valence electrons. The van der Waals surface area contributed by atoms with Crippen LogP contribution in [0.25, 0.3) is 0 Å². The summed E-state index contributed by atoms with van der Waals surface area (Å²) in [5.74, 6) is -0.0921. The molecular weight excluding hydrogens is 398 g/mol. The summed E-state index contributed by atoms with van der Waals surface area (Å²) in [5, 5.41) is 14.8. The minimum atomic E-state index is -4.32. The van der Waals surface area contributed by atoms with Crippen molar-refractivity contribution < 1.29 is 22.9 Å². The normalized spacial score (nSPS) is 11.1. The number of aryl methyl sites for hydroxylation is 1.